The molecular weight excluding hydrogens is 361 g/mol. The number of ether oxygens (including phenoxy) is 1. The first-order chi connectivity index (χ1) is 10.8. The molecule has 7 heteroatoms. The van der Waals surface area contributed by atoms with E-state index in [2.05, 4.69) is 5.32 Å². The summed E-state index contributed by atoms with van der Waals surface area (Å²) in [4.78, 5) is 24.0. The van der Waals surface area contributed by atoms with Crippen LogP contribution in [0.15, 0.2) is 42.5 Å². The molecule has 2 rings (SSSR count). The van der Waals surface area contributed by atoms with Gasteiger partial charge in [-0.2, -0.15) is 0 Å². The van der Waals surface area contributed by atoms with Crippen molar-refractivity contribution in [3.8, 4) is 0 Å². The summed E-state index contributed by atoms with van der Waals surface area (Å²) in [5.74, 6) is -1.15. The molecule has 0 aliphatic rings. The molecule has 0 aliphatic carbocycles. The number of amides is 1. The molecule has 0 spiro atoms. The van der Waals surface area contributed by atoms with Crippen LogP contribution < -0.4 is 5.32 Å². The molecule has 0 bridgehead atoms. The number of halogens is 3. The highest BCUT2D eigenvalue weighted by Gasteiger charge is 2.19. The summed E-state index contributed by atoms with van der Waals surface area (Å²) in [5, 5.41) is 3.79. The van der Waals surface area contributed by atoms with Crippen LogP contribution in [-0.4, -0.2) is 18.0 Å². The highest BCUT2D eigenvalue weighted by atomic mass is 35.5. The first kappa shape index (κ1) is 17.6. The van der Waals surface area contributed by atoms with E-state index >= 15 is 0 Å². The Hall–Kier alpha value is -1.75. The predicted octanol–water partition coefficient (Wildman–Crippen LogP) is 4.83. The van der Waals surface area contributed by atoms with E-state index in [1.165, 1.54) is 25.1 Å². The summed E-state index contributed by atoms with van der Waals surface area (Å²) < 4.78 is 5.11. The lowest BCUT2D eigenvalue weighted by Crippen LogP contribution is -2.30. The predicted molar refractivity (Wildman–Crippen MR) is 91.4 cm³/mol. The molecule has 0 saturated heterocycles. The third kappa shape index (κ3) is 5.13. The molecule has 1 amide bonds. The zero-order valence-corrected chi connectivity index (χ0v) is 14.2. The highest BCUT2D eigenvalue weighted by molar-refractivity contribution is 6.35. The Morgan fingerprint density at radius 2 is 1.52 bits per heavy atom. The number of benzene rings is 2. The van der Waals surface area contributed by atoms with Gasteiger partial charge in [0.15, 0.2) is 6.10 Å². The summed E-state index contributed by atoms with van der Waals surface area (Å²) in [6, 6.07) is 10.9. The molecular formula is C16H12Cl3NO3. The molecule has 4 nitrogen and oxygen atoms in total. The van der Waals surface area contributed by atoms with Crippen molar-refractivity contribution in [1.29, 1.82) is 0 Å². The lowest BCUT2D eigenvalue weighted by atomic mass is 10.2. The van der Waals surface area contributed by atoms with Crippen LogP contribution >= 0.6 is 34.8 Å². The van der Waals surface area contributed by atoms with Crippen LogP contribution in [0.2, 0.25) is 15.1 Å². The summed E-state index contributed by atoms with van der Waals surface area (Å²) in [7, 11) is 0. The lowest BCUT2D eigenvalue weighted by Gasteiger charge is -2.14. The number of carbonyl (C=O) groups is 2. The van der Waals surface area contributed by atoms with Crippen LogP contribution in [0.3, 0.4) is 0 Å². The van der Waals surface area contributed by atoms with Crippen molar-refractivity contribution in [3.05, 3.63) is 63.1 Å². The molecule has 0 radical (unpaired) electrons. The van der Waals surface area contributed by atoms with Gasteiger partial charge in [0.05, 0.1) is 5.56 Å². The first-order valence-electron chi connectivity index (χ1n) is 6.58. The third-order valence-electron chi connectivity index (χ3n) is 2.86. The minimum atomic E-state index is -0.990. The monoisotopic (exact) mass is 371 g/mol. The fourth-order valence-electron chi connectivity index (χ4n) is 1.73. The average molecular weight is 373 g/mol. The van der Waals surface area contributed by atoms with Crippen molar-refractivity contribution in [2.45, 2.75) is 13.0 Å². The number of anilines is 1. The minimum Gasteiger partial charge on any atom is -0.449 e. The standard InChI is InChI=1S/C16H12Cl3NO3/c1-9(15(21)20-14-4-2-11(17)3-5-14)23-16(22)10-6-12(18)8-13(19)7-10/h2-9H,1H3,(H,20,21)/t9-/m1/s1. The second-order valence-corrected chi connectivity index (χ2v) is 6.01. The van der Waals surface area contributed by atoms with E-state index in [0.29, 0.717) is 20.8 Å². The number of esters is 1. The lowest BCUT2D eigenvalue weighted by molar-refractivity contribution is -0.123. The molecule has 2 aromatic carbocycles. The Labute approximate surface area is 148 Å². The van der Waals surface area contributed by atoms with E-state index < -0.39 is 18.0 Å². The van der Waals surface area contributed by atoms with Gasteiger partial charge in [-0.3, -0.25) is 4.79 Å². The number of hydrogen-bond donors (Lipinski definition) is 1. The van der Waals surface area contributed by atoms with Gasteiger partial charge in [0, 0.05) is 20.8 Å². The average Bonchev–Trinajstić information content (AvgIpc) is 2.48. The molecule has 1 atom stereocenters. The van der Waals surface area contributed by atoms with Gasteiger partial charge in [-0.25, -0.2) is 4.79 Å². The van der Waals surface area contributed by atoms with Crippen LogP contribution in [0.4, 0.5) is 5.69 Å². The van der Waals surface area contributed by atoms with Gasteiger partial charge in [-0.1, -0.05) is 34.8 Å². The van der Waals surface area contributed by atoms with Crippen LogP contribution in [0.25, 0.3) is 0 Å². The number of nitrogens with one attached hydrogen (secondary N) is 1. The van der Waals surface area contributed by atoms with Crippen molar-refractivity contribution in [2.75, 3.05) is 5.32 Å². The van der Waals surface area contributed by atoms with Crippen molar-refractivity contribution in [3.63, 3.8) is 0 Å². The Morgan fingerprint density at radius 1 is 0.957 bits per heavy atom. The van der Waals surface area contributed by atoms with Gasteiger partial charge in [-0.05, 0) is 49.4 Å². The number of hydrogen-bond acceptors (Lipinski definition) is 3. The Balaban J connectivity index is 1.99. The highest BCUT2D eigenvalue weighted by Crippen LogP contribution is 2.20. The van der Waals surface area contributed by atoms with E-state index in [1.807, 2.05) is 0 Å². The fourth-order valence-corrected chi connectivity index (χ4v) is 2.38. The van der Waals surface area contributed by atoms with Crippen molar-refractivity contribution >= 4 is 52.4 Å². The Bertz CT molecular complexity index is 712. The molecule has 0 heterocycles. The van der Waals surface area contributed by atoms with Gasteiger partial charge >= 0.3 is 5.97 Å². The normalized spacial score (nSPS) is 11.7. The molecule has 2 aromatic rings. The zero-order chi connectivity index (χ0) is 17.0. The Morgan fingerprint density at radius 3 is 2.09 bits per heavy atom. The minimum absolute atomic E-state index is 0.175. The van der Waals surface area contributed by atoms with Crippen LogP contribution in [0.1, 0.15) is 17.3 Å². The SMILES string of the molecule is C[C@@H](OC(=O)c1cc(Cl)cc(Cl)c1)C(=O)Nc1ccc(Cl)cc1. The summed E-state index contributed by atoms with van der Waals surface area (Å²) in [6.45, 7) is 1.47. The van der Waals surface area contributed by atoms with Crippen molar-refractivity contribution in [2.24, 2.45) is 0 Å². The molecule has 1 N–H and O–H groups in total. The van der Waals surface area contributed by atoms with Gasteiger partial charge in [0.2, 0.25) is 0 Å². The zero-order valence-electron chi connectivity index (χ0n) is 12.0. The van der Waals surface area contributed by atoms with E-state index in [0.717, 1.165) is 0 Å². The van der Waals surface area contributed by atoms with E-state index in [1.54, 1.807) is 24.3 Å². The number of carbonyl (C=O) groups excluding carboxylic acids is 2. The van der Waals surface area contributed by atoms with Gasteiger partial charge < -0.3 is 10.1 Å². The molecule has 120 valence electrons. The van der Waals surface area contributed by atoms with E-state index in [9.17, 15) is 9.59 Å². The van der Waals surface area contributed by atoms with Gasteiger partial charge in [-0.15, -0.1) is 0 Å². The van der Waals surface area contributed by atoms with E-state index in [-0.39, 0.29) is 5.56 Å². The second kappa shape index (κ2) is 7.68. The smallest absolute Gasteiger partial charge is 0.339 e. The summed E-state index contributed by atoms with van der Waals surface area (Å²) >= 11 is 17.4. The van der Waals surface area contributed by atoms with Crippen LogP contribution in [0, 0.1) is 0 Å². The summed E-state index contributed by atoms with van der Waals surface area (Å²) in [5.41, 5.74) is 0.724. The van der Waals surface area contributed by atoms with Gasteiger partial charge in [0.1, 0.15) is 0 Å². The quantitative estimate of drug-likeness (QED) is 0.782. The summed E-state index contributed by atoms with van der Waals surface area (Å²) in [6.07, 6.45) is -0.990. The van der Waals surface area contributed by atoms with Gasteiger partial charge in [0.25, 0.3) is 5.91 Å². The maximum Gasteiger partial charge on any atom is 0.339 e. The van der Waals surface area contributed by atoms with Crippen molar-refractivity contribution in [1.82, 2.24) is 0 Å². The third-order valence-corrected chi connectivity index (χ3v) is 3.55. The molecule has 0 aliphatic heterocycles. The van der Waals surface area contributed by atoms with Crippen molar-refractivity contribution < 1.29 is 14.3 Å². The second-order valence-electron chi connectivity index (χ2n) is 4.70. The van der Waals surface area contributed by atoms with Crippen LogP contribution in [-0.2, 0) is 9.53 Å². The molecule has 0 unspecified atom stereocenters. The largest absolute Gasteiger partial charge is 0.449 e. The molecule has 23 heavy (non-hydrogen) atoms. The number of rotatable bonds is 4. The van der Waals surface area contributed by atoms with Crippen LogP contribution in [0.5, 0.6) is 0 Å². The maximum absolute atomic E-state index is 12.0. The Kier molecular flexibility index (Phi) is 5.88. The maximum atomic E-state index is 12.0. The van der Waals surface area contributed by atoms with E-state index in [4.69, 9.17) is 39.5 Å². The molecule has 0 saturated carbocycles. The first-order valence-corrected chi connectivity index (χ1v) is 7.72. The topological polar surface area (TPSA) is 55.4 Å². The fraction of sp³-hybridized carbons (Fsp3) is 0.125. The molecule has 0 aromatic heterocycles. The molecule has 0 fully saturated rings.